The number of nitrogens with two attached hydrogens (primary N) is 2. The molecule has 0 rings (SSSR count). The van der Waals surface area contributed by atoms with Crippen LogP contribution >= 0.6 is 12.2 Å². The Labute approximate surface area is 79.5 Å². The molecule has 0 saturated heterocycles. The van der Waals surface area contributed by atoms with Crippen molar-refractivity contribution in [1.82, 2.24) is 0 Å². The summed E-state index contributed by atoms with van der Waals surface area (Å²) in [4.78, 5) is 20.5. The van der Waals surface area contributed by atoms with Crippen LogP contribution in [0.5, 0.6) is 0 Å². The van der Waals surface area contributed by atoms with Gasteiger partial charge in [0.1, 0.15) is 12.0 Å². The molecule has 74 valence electrons. The number of hydrogen-bond donors (Lipinski definition) is 4. The van der Waals surface area contributed by atoms with Crippen LogP contribution < -0.4 is 11.5 Å². The summed E-state index contributed by atoms with van der Waals surface area (Å²) in [7, 11) is 0. The van der Waals surface area contributed by atoms with E-state index in [-0.39, 0.29) is 11.4 Å². The summed E-state index contributed by atoms with van der Waals surface area (Å²) in [5.74, 6) is -3.72. The summed E-state index contributed by atoms with van der Waals surface area (Å²) in [5, 5.41) is 17.0. The van der Waals surface area contributed by atoms with E-state index < -0.39 is 23.9 Å². The molecule has 0 aromatic rings. The van der Waals surface area contributed by atoms with Crippen LogP contribution in [0.4, 0.5) is 0 Å². The van der Waals surface area contributed by atoms with Gasteiger partial charge in [0.2, 0.25) is 0 Å². The second-order valence-corrected chi connectivity index (χ2v) is 2.95. The Kier molecular flexibility index (Phi) is 4.29. The van der Waals surface area contributed by atoms with E-state index in [4.69, 9.17) is 21.7 Å². The van der Waals surface area contributed by atoms with Gasteiger partial charge in [-0.1, -0.05) is 12.2 Å². The van der Waals surface area contributed by atoms with E-state index >= 15 is 0 Å². The van der Waals surface area contributed by atoms with Crippen LogP contribution in [-0.4, -0.2) is 33.2 Å². The van der Waals surface area contributed by atoms with E-state index in [0.717, 1.165) is 0 Å². The first kappa shape index (κ1) is 11.8. The number of carbonyl (C=O) groups is 2. The molecule has 13 heavy (non-hydrogen) atoms. The number of thiocarbonyl (C=S) groups is 1. The van der Waals surface area contributed by atoms with Gasteiger partial charge in [-0.05, 0) is 6.42 Å². The molecule has 0 aromatic carbocycles. The molecule has 0 fully saturated rings. The highest BCUT2D eigenvalue weighted by molar-refractivity contribution is 7.80. The summed E-state index contributed by atoms with van der Waals surface area (Å²) in [6.45, 7) is 0. The van der Waals surface area contributed by atoms with Gasteiger partial charge in [-0.2, -0.15) is 0 Å². The van der Waals surface area contributed by atoms with E-state index in [9.17, 15) is 9.59 Å². The van der Waals surface area contributed by atoms with Crippen LogP contribution in [0.25, 0.3) is 0 Å². The largest absolute Gasteiger partial charge is 0.481 e. The third-order valence-corrected chi connectivity index (χ3v) is 1.73. The van der Waals surface area contributed by atoms with E-state index in [0.29, 0.717) is 0 Å². The molecule has 0 heterocycles. The monoisotopic (exact) mass is 206 g/mol. The highest BCUT2D eigenvalue weighted by Gasteiger charge is 2.26. The lowest BCUT2D eigenvalue weighted by molar-refractivity contribution is -0.141. The molecule has 0 bridgehead atoms. The van der Waals surface area contributed by atoms with Crippen molar-refractivity contribution in [3.63, 3.8) is 0 Å². The molecule has 0 saturated carbocycles. The number of hydrogen-bond acceptors (Lipinski definition) is 4. The molecule has 7 heteroatoms. The fourth-order valence-electron chi connectivity index (χ4n) is 0.693. The molecule has 0 aliphatic heterocycles. The van der Waals surface area contributed by atoms with Gasteiger partial charge < -0.3 is 21.7 Å². The first-order valence-corrected chi connectivity index (χ1v) is 3.77. The Morgan fingerprint density at radius 2 is 1.77 bits per heavy atom. The topological polar surface area (TPSA) is 127 Å². The second kappa shape index (κ2) is 4.73. The lowest BCUT2D eigenvalue weighted by atomic mass is 10.0. The zero-order valence-electron chi connectivity index (χ0n) is 6.64. The first-order valence-electron chi connectivity index (χ1n) is 3.36. The second-order valence-electron chi connectivity index (χ2n) is 2.47. The van der Waals surface area contributed by atoms with Crippen LogP contribution in [-0.2, 0) is 9.59 Å². The molecule has 0 amide bonds. The average Bonchev–Trinajstić information content (AvgIpc) is 1.97. The summed E-state index contributed by atoms with van der Waals surface area (Å²) >= 11 is 4.45. The van der Waals surface area contributed by atoms with Gasteiger partial charge in [0.25, 0.3) is 0 Å². The van der Waals surface area contributed by atoms with Crippen molar-refractivity contribution >= 4 is 29.1 Å². The van der Waals surface area contributed by atoms with Gasteiger partial charge in [0, 0.05) is 0 Å². The molecular formula is C6H10N2O4S. The Morgan fingerprint density at radius 1 is 1.31 bits per heavy atom. The minimum atomic E-state index is -1.28. The smallest absolute Gasteiger partial charge is 0.320 e. The van der Waals surface area contributed by atoms with Gasteiger partial charge in [-0.25, -0.2) is 0 Å². The fraction of sp³-hybridized carbons (Fsp3) is 0.500. The maximum Gasteiger partial charge on any atom is 0.320 e. The van der Waals surface area contributed by atoms with Gasteiger partial charge >= 0.3 is 11.9 Å². The molecule has 2 atom stereocenters. The summed E-state index contributed by atoms with van der Waals surface area (Å²) < 4.78 is 0. The summed E-state index contributed by atoms with van der Waals surface area (Å²) in [5.41, 5.74) is 10.2. The molecule has 6 nitrogen and oxygen atoms in total. The molecule has 0 spiro atoms. The summed E-state index contributed by atoms with van der Waals surface area (Å²) in [6, 6.07) is -1.26. The molecule has 0 aromatic heterocycles. The zero-order valence-corrected chi connectivity index (χ0v) is 7.45. The van der Waals surface area contributed by atoms with Crippen molar-refractivity contribution in [3.05, 3.63) is 0 Å². The molecule has 1 unspecified atom stereocenters. The minimum absolute atomic E-state index is 0.260. The molecule has 0 aliphatic carbocycles. The van der Waals surface area contributed by atoms with E-state index in [2.05, 4.69) is 12.2 Å². The molecule has 6 N–H and O–H groups in total. The van der Waals surface area contributed by atoms with Crippen molar-refractivity contribution in [2.45, 2.75) is 12.5 Å². The lowest BCUT2D eigenvalue weighted by Gasteiger charge is -2.12. The number of carboxylic acids is 2. The lowest BCUT2D eigenvalue weighted by Crippen LogP contribution is -2.38. The van der Waals surface area contributed by atoms with Crippen molar-refractivity contribution < 1.29 is 19.8 Å². The number of carboxylic acid groups (broad SMARTS) is 2. The van der Waals surface area contributed by atoms with E-state index in [1.807, 2.05) is 0 Å². The van der Waals surface area contributed by atoms with Gasteiger partial charge in [0.05, 0.1) is 4.99 Å². The fourth-order valence-corrected chi connectivity index (χ4v) is 0.890. The van der Waals surface area contributed by atoms with Gasteiger partial charge in [0.15, 0.2) is 0 Å². The van der Waals surface area contributed by atoms with Crippen LogP contribution in [0.3, 0.4) is 0 Å². The average molecular weight is 206 g/mol. The van der Waals surface area contributed by atoms with Gasteiger partial charge in [-0.3, -0.25) is 9.59 Å². The number of rotatable bonds is 5. The van der Waals surface area contributed by atoms with E-state index in [1.165, 1.54) is 0 Å². The third kappa shape index (κ3) is 3.81. The third-order valence-electron chi connectivity index (χ3n) is 1.45. The minimum Gasteiger partial charge on any atom is -0.481 e. The van der Waals surface area contributed by atoms with Crippen molar-refractivity contribution in [3.8, 4) is 0 Å². The normalized spacial score (nSPS) is 14.5. The SMILES string of the molecule is NC(=S)C(C[C@H](N)C(=O)O)C(=O)O. The van der Waals surface area contributed by atoms with Crippen molar-refractivity contribution in [1.29, 1.82) is 0 Å². The Morgan fingerprint density at radius 3 is 2.00 bits per heavy atom. The first-order chi connectivity index (χ1) is 5.86. The quantitative estimate of drug-likeness (QED) is 0.415. The zero-order chi connectivity index (χ0) is 10.6. The Balaban J connectivity index is 4.35. The Bertz CT molecular complexity index is 229. The molecular weight excluding hydrogens is 196 g/mol. The predicted octanol–water partition coefficient (Wildman–Crippen LogP) is -1.22. The Hall–Kier alpha value is -1.21. The number of aliphatic carboxylic acids is 2. The van der Waals surface area contributed by atoms with Crippen molar-refractivity contribution in [2.24, 2.45) is 17.4 Å². The standard InChI is InChI=1S/C6H10N2O4S/c7-3(6(11)12)1-2(4(8)13)5(9)10/h2-3H,1,7H2,(H2,8,13)(H,9,10)(H,11,12)/t2?,3-/m0/s1. The van der Waals surface area contributed by atoms with Crippen LogP contribution in [0, 0.1) is 5.92 Å². The maximum atomic E-state index is 10.5. The highest BCUT2D eigenvalue weighted by Crippen LogP contribution is 2.06. The predicted molar refractivity (Wildman–Crippen MR) is 48.1 cm³/mol. The van der Waals surface area contributed by atoms with Crippen LogP contribution in [0.2, 0.25) is 0 Å². The van der Waals surface area contributed by atoms with Crippen LogP contribution in [0.15, 0.2) is 0 Å². The van der Waals surface area contributed by atoms with Crippen LogP contribution in [0.1, 0.15) is 6.42 Å². The molecule has 0 radical (unpaired) electrons. The summed E-state index contributed by atoms with van der Waals surface area (Å²) in [6.07, 6.45) is -0.292. The highest BCUT2D eigenvalue weighted by atomic mass is 32.1. The van der Waals surface area contributed by atoms with Crippen molar-refractivity contribution in [2.75, 3.05) is 0 Å². The van der Waals surface area contributed by atoms with E-state index in [1.54, 1.807) is 0 Å². The maximum absolute atomic E-state index is 10.5. The molecule has 0 aliphatic rings. The van der Waals surface area contributed by atoms with Gasteiger partial charge in [-0.15, -0.1) is 0 Å².